The summed E-state index contributed by atoms with van der Waals surface area (Å²) in [6.07, 6.45) is 3.09. The Morgan fingerprint density at radius 2 is 1.96 bits per heavy atom. The Morgan fingerprint density at radius 1 is 1.21 bits per heavy atom. The van der Waals surface area contributed by atoms with Gasteiger partial charge in [-0.25, -0.2) is 9.67 Å². The van der Waals surface area contributed by atoms with Crippen LogP contribution in [0.1, 0.15) is 28.9 Å². The molecule has 8 heteroatoms. The number of hydrogen-bond acceptors (Lipinski definition) is 4. The lowest BCUT2D eigenvalue weighted by molar-refractivity contribution is -0.130. The van der Waals surface area contributed by atoms with Gasteiger partial charge in [-0.15, -0.1) is 0 Å². The molecular weight excluding hydrogens is 378 g/mol. The van der Waals surface area contributed by atoms with Crippen molar-refractivity contribution in [2.24, 2.45) is 0 Å². The van der Waals surface area contributed by atoms with Gasteiger partial charge in [-0.3, -0.25) is 9.59 Å². The van der Waals surface area contributed by atoms with Crippen LogP contribution in [0.15, 0.2) is 61.2 Å². The van der Waals surface area contributed by atoms with E-state index in [-0.39, 0.29) is 24.4 Å². The number of hydrogen-bond donors (Lipinski definition) is 1. The van der Waals surface area contributed by atoms with Gasteiger partial charge in [0.2, 0.25) is 5.91 Å². The molecule has 0 aliphatic rings. The van der Waals surface area contributed by atoms with Gasteiger partial charge in [0.15, 0.2) is 0 Å². The minimum atomic E-state index is -0.339. The molecule has 0 aliphatic heterocycles. The van der Waals surface area contributed by atoms with Crippen molar-refractivity contribution in [3.8, 4) is 5.69 Å². The minimum absolute atomic E-state index is 0.0940. The van der Waals surface area contributed by atoms with Gasteiger partial charge in [-0.1, -0.05) is 29.8 Å². The third kappa shape index (κ3) is 4.55. The first-order chi connectivity index (χ1) is 13.5. The topological polar surface area (TPSA) is 80.1 Å². The van der Waals surface area contributed by atoms with E-state index in [1.807, 2.05) is 31.2 Å². The predicted octanol–water partition coefficient (Wildman–Crippen LogP) is 2.87. The molecule has 7 nitrogen and oxygen atoms in total. The number of nitrogens with zero attached hydrogens (tertiary/aromatic N) is 4. The van der Waals surface area contributed by atoms with Gasteiger partial charge in [0, 0.05) is 17.6 Å². The van der Waals surface area contributed by atoms with E-state index < -0.39 is 0 Å². The van der Waals surface area contributed by atoms with Crippen molar-refractivity contribution in [1.29, 1.82) is 0 Å². The van der Waals surface area contributed by atoms with E-state index in [2.05, 4.69) is 15.4 Å². The third-order valence-electron chi connectivity index (χ3n) is 4.52. The summed E-state index contributed by atoms with van der Waals surface area (Å²) < 4.78 is 1.66. The second-order valence-corrected chi connectivity index (χ2v) is 6.74. The molecule has 1 N–H and O–H groups in total. The van der Waals surface area contributed by atoms with Crippen LogP contribution in [-0.2, 0) is 4.79 Å². The molecule has 2 amide bonds. The van der Waals surface area contributed by atoms with Gasteiger partial charge in [0.1, 0.15) is 12.7 Å². The highest BCUT2D eigenvalue weighted by Crippen LogP contribution is 2.20. The zero-order valence-corrected chi connectivity index (χ0v) is 16.3. The Kier molecular flexibility index (Phi) is 6.06. The number of aromatic nitrogens is 3. The maximum absolute atomic E-state index is 12.5. The molecule has 3 rings (SSSR count). The largest absolute Gasteiger partial charge is 0.343 e. The highest BCUT2D eigenvalue weighted by molar-refractivity contribution is 6.30. The Balaban J connectivity index is 1.58. The van der Waals surface area contributed by atoms with Gasteiger partial charge in [-0.2, -0.15) is 5.10 Å². The SMILES string of the molecule is C[C@H](c1ccc(-n2cncn2)cc1)N(C)C(=O)CNC(=O)c1cccc(Cl)c1. The van der Waals surface area contributed by atoms with E-state index in [9.17, 15) is 9.59 Å². The first kappa shape index (κ1) is 19.6. The van der Waals surface area contributed by atoms with Crippen molar-refractivity contribution in [1.82, 2.24) is 25.0 Å². The van der Waals surface area contributed by atoms with Crippen LogP contribution in [0.4, 0.5) is 0 Å². The molecule has 2 aromatic carbocycles. The summed E-state index contributed by atoms with van der Waals surface area (Å²) in [4.78, 5) is 30.2. The van der Waals surface area contributed by atoms with E-state index in [0.29, 0.717) is 10.6 Å². The Hall–Kier alpha value is -3.19. The maximum Gasteiger partial charge on any atom is 0.251 e. The second kappa shape index (κ2) is 8.67. The number of halogens is 1. The Bertz CT molecular complexity index is 957. The normalized spacial score (nSPS) is 11.7. The summed E-state index contributed by atoms with van der Waals surface area (Å²) in [6, 6.07) is 14.1. The van der Waals surface area contributed by atoms with Crippen molar-refractivity contribution >= 4 is 23.4 Å². The zero-order valence-electron chi connectivity index (χ0n) is 15.5. The van der Waals surface area contributed by atoms with Crippen molar-refractivity contribution in [2.75, 3.05) is 13.6 Å². The van der Waals surface area contributed by atoms with Crippen LogP contribution in [0, 0.1) is 0 Å². The molecule has 1 heterocycles. The zero-order chi connectivity index (χ0) is 20.1. The Labute approximate surface area is 167 Å². The van der Waals surface area contributed by atoms with E-state index in [4.69, 9.17) is 11.6 Å². The number of likely N-dealkylation sites (N-methyl/N-ethyl adjacent to an activating group) is 1. The number of carbonyl (C=O) groups excluding carboxylic acids is 2. The average Bonchev–Trinajstić information content (AvgIpc) is 3.25. The van der Waals surface area contributed by atoms with E-state index in [0.717, 1.165) is 11.3 Å². The highest BCUT2D eigenvalue weighted by Gasteiger charge is 2.18. The van der Waals surface area contributed by atoms with Crippen LogP contribution in [0.3, 0.4) is 0 Å². The highest BCUT2D eigenvalue weighted by atomic mass is 35.5. The molecule has 1 aromatic heterocycles. The van der Waals surface area contributed by atoms with Crippen LogP contribution >= 0.6 is 11.6 Å². The summed E-state index contributed by atoms with van der Waals surface area (Å²) in [6.45, 7) is 1.84. The van der Waals surface area contributed by atoms with Crippen molar-refractivity contribution in [3.05, 3.63) is 77.3 Å². The molecule has 1 atom stereocenters. The lowest BCUT2D eigenvalue weighted by Gasteiger charge is -2.25. The van der Waals surface area contributed by atoms with Crippen LogP contribution in [0.5, 0.6) is 0 Å². The fourth-order valence-electron chi connectivity index (χ4n) is 2.70. The van der Waals surface area contributed by atoms with Crippen molar-refractivity contribution in [3.63, 3.8) is 0 Å². The second-order valence-electron chi connectivity index (χ2n) is 6.31. The fraction of sp³-hybridized carbons (Fsp3) is 0.200. The molecule has 0 saturated heterocycles. The minimum Gasteiger partial charge on any atom is -0.343 e. The van der Waals surface area contributed by atoms with Gasteiger partial charge in [0.25, 0.3) is 5.91 Å². The summed E-state index contributed by atoms with van der Waals surface area (Å²) in [7, 11) is 1.71. The summed E-state index contributed by atoms with van der Waals surface area (Å²) in [5, 5.41) is 7.19. The van der Waals surface area contributed by atoms with Crippen LogP contribution in [0.25, 0.3) is 5.69 Å². The van der Waals surface area contributed by atoms with Crippen molar-refractivity contribution < 1.29 is 9.59 Å². The lowest BCUT2D eigenvalue weighted by atomic mass is 10.1. The van der Waals surface area contributed by atoms with E-state index in [1.165, 1.54) is 6.33 Å². The molecule has 28 heavy (non-hydrogen) atoms. The predicted molar refractivity (Wildman–Crippen MR) is 106 cm³/mol. The molecule has 144 valence electrons. The van der Waals surface area contributed by atoms with Gasteiger partial charge in [0.05, 0.1) is 18.3 Å². The summed E-state index contributed by atoms with van der Waals surface area (Å²) >= 11 is 5.89. The molecule has 0 fully saturated rings. The monoisotopic (exact) mass is 397 g/mol. The Morgan fingerprint density at radius 3 is 2.61 bits per heavy atom. The molecule has 3 aromatic rings. The molecule has 0 aliphatic carbocycles. The maximum atomic E-state index is 12.5. The molecule has 0 spiro atoms. The first-order valence-corrected chi connectivity index (χ1v) is 9.08. The van der Waals surface area contributed by atoms with Gasteiger partial charge in [-0.05, 0) is 42.8 Å². The number of carbonyl (C=O) groups is 2. The van der Waals surface area contributed by atoms with E-state index in [1.54, 1.807) is 47.2 Å². The smallest absolute Gasteiger partial charge is 0.251 e. The average molecular weight is 398 g/mol. The third-order valence-corrected chi connectivity index (χ3v) is 4.76. The molecule has 0 bridgehead atoms. The van der Waals surface area contributed by atoms with E-state index >= 15 is 0 Å². The quantitative estimate of drug-likeness (QED) is 0.693. The first-order valence-electron chi connectivity index (χ1n) is 8.70. The number of amides is 2. The number of benzene rings is 2. The molecule has 0 radical (unpaired) electrons. The van der Waals surface area contributed by atoms with Gasteiger partial charge < -0.3 is 10.2 Å². The van der Waals surface area contributed by atoms with Crippen LogP contribution in [-0.4, -0.2) is 45.1 Å². The van der Waals surface area contributed by atoms with Crippen molar-refractivity contribution in [2.45, 2.75) is 13.0 Å². The number of nitrogens with one attached hydrogen (secondary N) is 1. The number of rotatable bonds is 6. The molecule has 0 unspecified atom stereocenters. The molecule has 0 saturated carbocycles. The summed E-state index contributed by atoms with van der Waals surface area (Å²) in [5.74, 6) is -0.530. The fourth-order valence-corrected chi connectivity index (χ4v) is 2.89. The lowest BCUT2D eigenvalue weighted by Crippen LogP contribution is -2.39. The van der Waals surface area contributed by atoms with Crippen LogP contribution in [0.2, 0.25) is 5.02 Å². The van der Waals surface area contributed by atoms with Gasteiger partial charge >= 0.3 is 0 Å². The summed E-state index contributed by atoms with van der Waals surface area (Å²) in [5.41, 5.74) is 2.27. The standard InChI is InChI=1S/C20H20ClN5O2/c1-14(15-6-8-18(9-7-15)26-13-22-12-24-26)25(2)19(27)11-23-20(28)16-4-3-5-17(21)10-16/h3-10,12-14H,11H2,1-2H3,(H,23,28)/t14-/m1/s1. The van der Waals surface area contributed by atoms with Crippen LogP contribution < -0.4 is 5.32 Å². The molecular formula is C20H20ClN5O2.